The van der Waals surface area contributed by atoms with Crippen LogP contribution >= 0.6 is 11.3 Å². The fourth-order valence-corrected chi connectivity index (χ4v) is 2.48. The van der Waals surface area contributed by atoms with Gasteiger partial charge in [0.15, 0.2) is 6.61 Å². The van der Waals surface area contributed by atoms with Gasteiger partial charge in [0, 0.05) is 11.9 Å². The molecule has 1 amide bonds. The second-order valence-corrected chi connectivity index (χ2v) is 5.63. The number of carbonyl (C=O) groups excluding carboxylic acids is 2. The average molecular weight is 314 g/mol. The first kappa shape index (κ1) is 15.7. The largest absolute Gasteiger partial charge is 0.452 e. The third-order valence-corrected chi connectivity index (χ3v) is 3.84. The van der Waals surface area contributed by atoms with E-state index in [1.54, 1.807) is 18.4 Å². The summed E-state index contributed by atoms with van der Waals surface area (Å²) in [6.07, 6.45) is 0. The van der Waals surface area contributed by atoms with Crippen LogP contribution in [0.3, 0.4) is 0 Å². The van der Waals surface area contributed by atoms with E-state index in [2.05, 4.69) is 0 Å². The van der Waals surface area contributed by atoms with Gasteiger partial charge in [-0.05, 0) is 35.7 Å². The van der Waals surface area contributed by atoms with Gasteiger partial charge < -0.3 is 9.64 Å². The smallest absolute Gasteiger partial charge is 0.338 e. The average Bonchev–Trinajstić information content (AvgIpc) is 3.05. The molecule has 0 radical (unpaired) electrons. The molecule has 0 saturated carbocycles. The van der Waals surface area contributed by atoms with Gasteiger partial charge in [0.25, 0.3) is 5.91 Å². The zero-order valence-electron chi connectivity index (χ0n) is 12.0. The molecule has 0 aliphatic carbocycles. The third kappa shape index (κ3) is 4.17. The van der Waals surface area contributed by atoms with Crippen molar-refractivity contribution in [1.82, 2.24) is 4.90 Å². The molecule has 22 heavy (non-hydrogen) atoms. The molecule has 0 aliphatic heterocycles. The minimum atomic E-state index is -0.581. The topological polar surface area (TPSA) is 70.4 Å². The Morgan fingerprint density at radius 1 is 1.27 bits per heavy atom. The van der Waals surface area contributed by atoms with Crippen LogP contribution < -0.4 is 0 Å². The lowest BCUT2D eigenvalue weighted by Crippen LogP contribution is -2.30. The number of amides is 1. The van der Waals surface area contributed by atoms with Gasteiger partial charge in [0.1, 0.15) is 0 Å². The Balaban J connectivity index is 1.84. The van der Waals surface area contributed by atoms with Gasteiger partial charge in [0.05, 0.1) is 23.7 Å². The molecule has 5 nitrogen and oxygen atoms in total. The number of nitrogens with zero attached hydrogens (tertiary/aromatic N) is 2. The standard InChI is InChI=1S/C16H14N2O3S/c1-18(10-14-3-2-8-22-14)15(19)11-21-16(20)13-6-4-12(9-17)5-7-13/h2-8H,10-11H2,1H3. The van der Waals surface area contributed by atoms with Crippen LogP contribution in [0.2, 0.25) is 0 Å². The van der Waals surface area contributed by atoms with E-state index in [0.29, 0.717) is 17.7 Å². The highest BCUT2D eigenvalue weighted by molar-refractivity contribution is 7.09. The molecule has 0 spiro atoms. The SMILES string of the molecule is CN(Cc1cccs1)C(=O)COC(=O)c1ccc(C#N)cc1. The van der Waals surface area contributed by atoms with Gasteiger partial charge in [-0.25, -0.2) is 4.79 Å². The van der Waals surface area contributed by atoms with E-state index in [1.807, 2.05) is 23.6 Å². The third-order valence-electron chi connectivity index (χ3n) is 2.98. The first-order valence-corrected chi connectivity index (χ1v) is 7.41. The highest BCUT2D eigenvalue weighted by Crippen LogP contribution is 2.11. The molecule has 0 bridgehead atoms. The molecular weight excluding hydrogens is 300 g/mol. The van der Waals surface area contributed by atoms with Gasteiger partial charge in [-0.1, -0.05) is 6.07 Å². The van der Waals surface area contributed by atoms with Crippen LogP contribution in [0.4, 0.5) is 0 Å². The van der Waals surface area contributed by atoms with Crippen LogP contribution in [0.1, 0.15) is 20.8 Å². The number of nitriles is 1. The highest BCUT2D eigenvalue weighted by Gasteiger charge is 2.14. The molecule has 0 saturated heterocycles. The Bertz CT molecular complexity index is 687. The summed E-state index contributed by atoms with van der Waals surface area (Å²) in [5, 5.41) is 10.6. The fourth-order valence-electron chi connectivity index (χ4n) is 1.73. The van der Waals surface area contributed by atoms with Crippen LogP contribution in [-0.4, -0.2) is 30.4 Å². The second-order valence-electron chi connectivity index (χ2n) is 4.59. The van der Waals surface area contributed by atoms with E-state index in [9.17, 15) is 9.59 Å². The summed E-state index contributed by atoms with van der Waals surface area (Å²) in [6, 6.07) is 11.9. The zero-order valence-corrected chi connectivity index (χ0v) is 12.8. The van der Waals surface area contributed by atoms with E-state index in [0.717, 1.165) is 4.88 Å². The molecule has 2 aromatic rings. The van der Waals surface area contributed by atoms with Crippen molar-refractivity contribution in [2.45, 2.75) is 6.54 Å². The number of carbonyl (C=O) groups is 2. The van der Waals surface area contributed by atoms with Crippen molar-refractivity contribution < 1.29 is 14.3 Å². The lowest BCUT2D eigenvalue weighted by atomic mass is 10.1. The van der Waals surface area contributed by atoms with Crippen LogP contribution in [0, 0.1) is 11.3 Å². The molecule has 1 aromatic carbocycles. The molecule has 0 fully saturated rings. The first-order chi connectivity index (χ1) is 10.6. The maximum atomic E-state index is 11.9. The van der Waals surface area contributed by atoms with Crippen molar-refractivity contribution in [2.75, 3.05) is 13.7 Å². The van der Waals surface area contributed by atoms with Crippen LogP contribution in [0.5, 0.6) is 0 Å². The summed E-state index contributed by atoms with van der Waals surface area (Å²) in [4.78, 5) is 26.3. The van der Waals surface area contributed by atoms with Crippen molar-refractivity contribution in [2.24, 2.45) is 0 Å². The molecule has 2 rings (SSSR count). The minimum Gasteiger partial charge on any atom is -0.452 e. The van der Waals surface area contributed by atoms with Crippen molar-refractivity contribution in [3.63, 3.8) is 0 Å². The van der Waals surface area contributed by atoms with Gasteiger partial charge in [-0.2, -0.15) is 5.26 Å². The van der Waals surface area contributed by atoms with Crippen molar-refractivity contribution in [3.05, 3.63) is 57.8 Å². The van der Waals surface area contributed by atoms with Crippen LogP contribution in [-0.2, 0) is 16.1 Å². The Morgan fingerprint density at radius 3 is 2.59 bits per heavy atom. The fraction of sp³-hybridized carbons (Fsp3) is 0.188. The predicted octanol–water partition coefficient (Wildman–Crippen LogP) is 2.44. The van der Waals surface area contributed by atoms with Gasteiger partial charge in [-0.15, -0.1) is 11.3 Å². The molecular formula is C16H14N2O3S. The molecule has 6 heteroatoms. The molecule has 112 valence electrons. The summed E-state index contributed by atoms with van der Waals surface area (Å²) in [5.74, 6) is -0.849. The summed E-state index contributed by atoms with van der Waals surface area (Å²) in [6.45, 7) is 0.186. The van der Waals surface area contributed by atoms with E-state index < -0.39 is 5.97 Å². The van der Waals surface area contributed by atoms with Crippen LogP contribution in [0.15, 0.2) is 41.8 Å². The number of benzene rings is 1. The zero-order chi connectivity index (χ0) is 15.9. The Kier molecular flexibility index (Phi) is 5.28. The molecule has 1 aromatic heterocycles. The van der Waals surface area contributed by atoms with Crippen molar-refractivity contribution in [1.29, 1.82) is 5.26 Å². The number of likely N-dealkylation sites (N-methyl/N-ethyl adjacent to an activating group) is 1. The maximum Gasteiger partial charge on any atom is 0.338 e. The Morgan fingerprint density at radius 2 is 2.00 bits per heavy atom. The van der Waals surface area contributed by atoms with Crippen LogP contribution in [0.25, 0.3) is 0 Å². The maximum absolute atomic E-state index is 11.9. The molecule has 0 aliphatic rings. The first-order valence-electron chi connectivity index (χ1n) is 6.54. The highest BCUT2D eigenvalue weighted by atomic mass is 32.1. The quantitative estimate of drug-likeness (QED) is 0.795. The van der Waals surface area contributed by atoms with E-state index in [-0.39, 0.29) is 12.5 Å². The number of thiophene rings is 1. The Hall–Kier alpha value is -2.65. The number of hydrogen-bond donors (Lipinski definition) is 0. The lowest BCUT2D eigenvalue weighted by molar-refractivity contribution is -0.133. The predicted molar refractivity (Wildman–Crippen MR) is 82.2 cm³/mol. The number of esters is 1. The number of hydrogen-bond acceptors (Lipinski definition) is 5. The number of rotatable bonds is 5. The normalized spacial score (nSPS) is 9.82. The van der Waals surface area contributed by atoms with Gasteiger partial charge in [-0.3, -0.25) is 4.79 Å². The molecule has 0 atom stereocenters. The van der Waals surface area contributed by atoms with Crippen molar-refractivity contribution >= 4 is 23.2 Å². The number of ether oxygens (including phenoxy) is 1. The monoisotopic (exact) mass is 314 g/mol. The molecule has 0 unspecified atom stereocenters. The summed E-state index contributed by atoms with van der Waals surface area (Å²) < 4.78 is 4.99. The Labute approximate surface area is 132 Å². The molecule has 1 heterocycles. The minimum absolute atomic E-state index is 0.268. The lowest BCUT2D eigenvalue weighted by Gasteiger charge is -2.16. The second kappa shape index (κ2) is 7.38. The summed E-state index contributed by atoms with van der Waals surface area (Å²) in [7, 11) is 1.66. The molecule has 0 N–H and O–H groups in total. The van der Waals surface area contributed by atoms with E-state index in [1.165, 1.54) is 29.2 Å². The van der Waals surface area contributed by atoms with Crippen molar-refractivity contribution in [3.8, 4) is 6.07 Å². The summed E-state index contributed by atoms with van der Waals surface area (Å²) >= 11 is 1.57. The van der Waals surface area contributed by atoms with Gasteiger partial charge >= 0.3 is 5.97 Å². The van der Waals surface area contributed by atoms with E-state index >= 15 is 0 Å². The van der Waals surface area contributed by atoms with E-state index in [4.69, 9.17) is 10.00 Å². The van der Waals surface area contributed by atoms with Gasteiger partial charge in [0.2, 0.25) is 0 Å². The summed E-state index contributed by atoms with van der Waals surface area (Å²) in [5.41, 5.74) is 0.774.